The van der Waals surface area contributed by atoms with Crippen molar-refractivity contribution in [3.05, 3.63) is 17.5 Å². The first-order valence-corrected chi connectivity index (χ1v) is 6.96. The van der Waals surface area contributed by atoms with Crippen molar-refractivity contribution in [2.24, 2.45) is 0 Å². The number of hydrogen-bond donors (Lipinski definition) is 1. The third kappa shape index (κ3) is 3.99. The van der Waals surface area contributed by atoms with E-state index in [0.717, 1.165) is 12.8 Å². The van der Waals surface area contributed by atoms with Gasteiger partial charge in [-0.15, -0.1) is 0 Å². The van der Waals surface area contributed by atoms with E-state index in [1.165, 1.54) is 62.6 Å². The van der Waals surface area contributed by atoms with Gasteiger partial charge < -0.3 is 5.73 Å². The Morgan fingerprint density at radius 2 is 1.41 bits per heavy atom. The van der Waals surface area contributed by atoms with Gasteiger partial charge in [0.2, 0.25) is 5.95 Å². The molecule has 0 aromatic carbocycles. The topological polar surface area (TPSA) is 51.8 Å². The lowest BCUT2D eigenvalue weighted by molar-refractivity contribution is 0.556. The fourth-order valence-electron chi connectivity index (χ4n) is 2.55. The fourth-order valence-corrected chi connectivity index (χ4v) is 2.55. The van der Waals surface area contributed by atoms with Crippen LogP contribution in [0.4, 0.5) is 5.95 Å². The second-order valence-electron chi connectivity index (χ2n) is 5.03. The quantitative estimate of drug-likeness (QED) is 0.748. The number of rotatable bonds is 0. The molecule has 0 saturated heterocycles. The molecule has 0 amide bonds. The lowest BCUT2D eigenvalue weighted by Crippen LogP contribution is -2.05. The maximum absolute atomic E-state index is 5.68. The number of fused-ring (bicyclic) bond motifs is 1. The van der Waals surface area contributed by atoms with E-state index < -0.39 is 0 Å². The standard InChI is InChI=1S/C14H23N3/c15-14-16-11-12-9-7-5-3-1-2-4-6-8-10-13(12)17-14/h11H,1-10H2,(H2,15,16,17). The van der Waals surface area contributed by atoms with Crippen molar-refractivity contribution in [1.82, 2.24) is 9.97 Å². The largest absolute Gasteiger partial charge is 0.368 e. The molecule has 0 fully saturated rings. The Labute approximate surface area is 104 Å². The number of anilines is 1. The summed E-state index contributed by atoms with van der Waals surface area (Å²) in [7, 11) is 0. The SMILES string of the molecule is Nc1ncc2c(n1)CCCCCCCCCC2. The van der Waals surface area contributed by atoms with Crippen LogP contribution in [-0.2, 0) is 12.8 Å². The van der Waals surface area contributed by atoms with Crippen LogP contribution >= 0.6 is 0 Å². The van der Waals surface area contributed by atoms with Gasteiger partial charge in [-0.05, 0) is 31.2 Å². The van der Waals surface area contributed by atoms with E-state index in [4.69, 9.17) is 5.73 Å². The monoisotopic (exact) mass is 233 g/mol. The van der Waals surface area contributed by atoms with Crippen LogP contribution in [0.5, 0.6) is 0 Å². The molecule has 1 heterocycles. The first-order chi connectivity index (χ1) is 8.36. The van der Waals surface area contributed by atoms with E-state index in [0.29, 0.717) is 5.95 Å². The first kappa shape index (κ1) is 12.3. The van der Waals surface area contributed by atoms with Crippen molar-refractivity contribution in [1.29, 1.82) is 0 Å². The molecule has 0 aliphatic heterocycles. The maximum atomic E-state index is 5.68. The smallest absolute Gasteiger partial charge is 0.220 e. The molecule has 0 atom stereocenters. The van der Waals surface area contributed by atoms with Crippen molar-refractivity contribution >= 4 is 5.95 Å². The van der Waals surface area contributed by atoms with Gasteiger partial charge in [0, 0.05) is 11.9 Å². The molecule has 0 radical (unpaired) electrons. The van der Waals surface area contributed by atoms with Crippen LogP contribution in [0.1, 0.15) is 62.6 Å². The molecule has 0 spiro atoms. The van der Waals surface area contributed by atoms with Gasteiger partial charge in [-0.1, -0.05) is 38.5 Å². The molecule has 3 heteroatoms. The van der Waals surface area contributed by atoms with Gasteiger partial charge in [-0.3, -0.25) is 0 Å². The number of nitrogen functional groups attached to an aromatic ring is 1. The van der Waals surface area contributed by atoms with Crippen LogP contribution in [0, 0.1) is 0 Å². The zero-order chi connectivity index (χ0) is 11.9. The lowest BCUT2D eigenvalue weighted by atomic mass is 9.99. The summed E-state index contributed by atoms with van der Waals surface area (Å²) in [5, 5.41) is 0. The summed E-state index contributed by atoms with van der Waals surface area (Å²) >= 11 is 0. The van der Waals surface area contributed by atoms with Crippen molar-refractivity contribution in [2.45, 2.75) is 64.2 Å². The van der Waals surface area contributed by atoms with Gasteiger partial charge >= 0.3 is 0 Å². The predicted octanol–water partition coefficient (Wildman–Crippen LogP) is 3.28. The van der Waals surface area contributed by atoms with E-state index >= 15 is 0 Å². The molecule has 0 saturated carbocycles. The fraction of sp³-hybridized carbons (Fsp3) is 0.714. The summed E-state index contributed by atoms with van der Waals surface area (Å²) < 4.78 is 0. The average Bonchev–Trinajstić information content (AvgIpc) is 2.31. The Morgan fingerprint density at radius 1 is 0.824 bits per heavy atom. The van der Waals surface area contributed by atoms with Gasteiger partial charge in [0.05, 0.1) is 0 Å². The summed E-state index contributed by atoms with van der Waals surface area (Å²) in [5.41, 5.74) is 8.19. The van der Waals surface area contributed by atoms with Crippen molar-refractivity contribution in [3.63, 3.8) is 0 Å². The molecular formula is C14H23N3. The summed E-state index contributed by atoms with van der Waals surface area (Å²) in [6.07, 6.45) is 14.9. The minimum atomic E-state index is 0.427. The van der Waals surface area contributed by atoms with E-state index in [9.17, 15) is 0 Å². The molecule has 0 bridgehead atoms. The van der Waals surface area contributed by atoms with Gasteiger partial charge in [0.25, 0.3) is 0 Å². The molecule has 2 rings (SSSR count). The van der Waals surface area contributed by atoms with E-state index in [-0.39, 0.29) is 0 Å². The third-order valence-electron chi connectivity index (χ3n) is 3.58. The summed E-state index contributed by atoms with van der Waals surface area (Å²) in [4.78, 5) is 8.54. The number of hydrogen-bond acceptors (Lipinski definition) is 3. The molecule has 94 valence electrons. The Bertz CT molecular complexity index is 349. The van der Waals surface area contributed by atoms with Crippen LogP contribution < -0.4 is 5.73 Å². The predicted molar refractivity (Wildman–Crippen MR) is 70.8 cm³/mol. The Hall–Kier alpha value is -1.12. The van der Waals surface area contributed by atoms with Crippen molar-refractivity contribution < 1.29 is 0 Å². The molecule has 1 aromatic rings. The number of nitrogens with zero attached hydrogens (tertiary/aromatic N) is 2. The van der Waals surface area contributed by atoms with Crippen LogP contribution in [-0.4, -0.2) is 9.97 Å². The molecule has 0 unspecified atom stereocenters. The van der Waals surface area contributed by atoms with Crippen molar-refractivity contribution in [2.75, 3.05) is 5.73 Å². The zero-order valence-electron chi connectivity index (χ0n) is 10.6. The molecule has 17 heavy (non-hydrogen) atoms. The first-order valence-electron chi connectivity index (χ1n) is 6.96. The van der Waals surface area contributed by atoms with E-state index in [1.54, 1.807) is 0 Å². The molecule has 3 nitrogen and oxygen atoms in total. The van der Waals surface area contributed by atoms with E-state index in [2.05, 4.69) is 9.97 Å². The summed E-state index contributed by atoms with van der Waals surface area (Å²) in [5.74, 6) is 0.427. The Kier molecular flexibility index (Phi) is 4.77. The summed E-state index contributed by atoms with van der Waals surface area (Å²) in [6, 6.07) is 0. The van der Waals surface area contributed by atoms with Crippen LogP contribution in [0.3, 0.4) is 0 Å². The highest BCUT2D eigenvalue weighted by atomic mass is 15.0. The highest BCUT2D eigenvalue weighted by Gasteiger charge is 2.07. The molecular weight excluding hydrogens is 210 g/mol. The van der Waals surface area contributed by atoms with Crippen LogP contribution in [0.15, 0.2) is 6.20 Å². The molecule has 2 N–H and O–H groups in total. The Morgan fingerprint density at radius 3 is 2.12 bits per heavy atom. The highest BCUT2D eigenvalue weighted by Crippen LogP contribution is 2.17. The number of aromatic nitrogens is 2. The van der Waals surface area contributed by atoms with Crippen molar-refractivity contribution in [3.8, 4) is 0 Å². The highest BCUT2D eigenvalue weighted by molar-refractivity contribution is 5.25. The van der Waals surface area contributed by atoms with Crippen LogP contribution in [0.2, 0.25) is 0 Å². The third-order valence-corrected chi connectivity index (χ3v) is 3.58. The maximum Gasteiger partial charge on any atom is 0.220 e. The zero-order valence-corrected chi connectivity index (χ0v) is 10.6. The molecule has 1 aliphatic rings. The number of aryl methyl sites for hydroxylation is 2. The van der Waals surface area contributed by atoms with Gasteiger partial charge in [0.1, 0.15) is 0 Å². The molecule has 1 aliphatic carbocycles. The number of nitrogens with two attached hydrogens (primary N) is 1. The summed E-state index contributed by atoms with van der Waals surface area (Å²) in [6.45, 7) is 0. The average molecular weight is 233 g/mol. The van der Waals surface area contributed by atoms with Gasteiger partial charge in [0.15, 0.2) is 0 Å². The minimum Gasteiger partial charge on any atom is -0.368 e. The second kappa shape index (κ2) is 6.58. The Balaban J connectivity index is 2.05. The van der Waals surface area contributed by atoms with E-state index in [1.807, 2.05) is 6.20 Å². The van der Waals surface area contributed by atoms with Gasteiger partial charge in [-0.25, -0.2) is 9.97 Å². The normalized spacial score (nSPS) is 18.8. The van der Waals surface area contributed by atoms with Crippen LogP contribution in [0.25, 0.3) is 0 Å². The minimum absolute atomic E-state index is 0.427. The lowest BCUT2D eigenvalue weighted by Gasteiger charge is -2.10. The van der Waals surface area contributed by atoms with Gasteiger partial charge in [-0.2, -0.15) is 0 Å². The second-order valence-corrected chi connectivity index (χ2v) is 5.03. The molecule has 1 aromatic heterocycles.